The van der Waals surface area contributed by atoms with Crippen LogP contribution in [0, 0.1) is 5.92 Å². The number of methoxy groups -OCH3 is 1. The van der Waals surface area contributed by atoms with Crippen molar-refractivity contribution < 1.29 is 19.1 Å². The average molecular weight is 413 g/mol. The molecule has 8 nitrogen and oxygen atoms in total. The largest absolute Gasteiger partial charge is 0.497 e. The Morgan fingerprint density at radius 2 is 1.61 bits per heavy atom. The normalized spacial score (nSPS) is 14.9. The van der Waals surface area contributed by atoms with E-state index in [-0.39, 0.29) is 42.6 Å². The second-order valence-corrected chi connectivity index (χ2v) is 6.89. The maximum atomic E-state index is 12.5. The number of piperazine rings is 1. The highest BCUT2D eigenvalue weighted by Crippen LogP contribution is 2.14. The molecule has 2 rings (SSSR count). The number of carbonyl (C=O) groups is 3. The lowest BCUT2D eigenvalue weighted by Crippen LogP contribution is -2.53. The van der Waals surface area contributed by atoms with Gasteiger partial charge in [0.25, 0.3) is 5.91 Å². The molecule has 1 aromatic rings. The third-order valence-electron chi connectivity index (χ3n) is 4.69. The van der Waals surface area contributed by atoms with Crippen LogP contribution < -0.4 is 15.8 Å². The molecule has 28 heavy (non-hydrogen) atoms. The Hall–Kier alpha value is -2.32. The van der Waals surface area contributed by atoms with Gasteiger partial charge in [-0.3, -0.25) is 14.4 Å². The van der Waals surface area contributed by atoms with Gasteiger partial charge in [0.15, 0.2) is 0 Å². The van der Waals surface area contributed by atoms with Crippen molar-refractivity contribution in [3.05, 3.63) is 29.8 Å². The molecule has 9 heteroatoms. The number of amides is 3. The summed E-state index contributed by atoms with van der Waals surface area (Å²) in [6.07, 6.45) is 0. The van der Waals surface area contributed by atoms with Gasteiger partial charge >= 0.3 is 0 Å². The van der Waals surface area contributed by atoms with Crippen LogP contribution in [0.4, 0.5) is 0 Å². The predicted molar refractivity (Wildman–Crippen MR) is 109 cm³/mol. The highest BCUT2D eigenvalue weighted by atomic mass is 35.5. The molecule has 3 amide bonds. The molecule has 1 saturated heterocycles. The Labute approximate surface area is 171 Å². The Morgan fingerprint density at radius 3 is 2.11 bits per heavy atom. The van der Waals surface area contributed by atoms with E-state index in [4.69, 9.17) is 10.5 Å². The Bertz CT molecular complexity index is 673. The van der Waals surface area contributed by atoms with Crippen molar-refractivity contribution >= 4 is 30.1 Å². The molecular formula is C19H29ClN4O4. The van der Waals surface area contributed by atoms with Gasteiger partial charge in [-0.05, 0) is 30.2 Å². The number of hydrogen-bond donors (Lipinski definition) is 2. The lowest BCUT2D eigenvalue weighted by atomic mass is 10.1. The molecule has 1 aliphatic rings. The van der Waals surface area contributed by atoms with Crippen LogP contribution in [0.25, 0.3) is 0 Å². The first-order valence-electron chi connectivity index (χ1n) is 9.08. The van der Waals surface area contributed by atoms with Crippen LogP contribution in [0.15, 0.2) is 24.3 Å². The van der Waals surface area contributed by atoms with Crippen molar-refractivity contribution in [2.24, 2.45) is 11.7 Å². The third-order valence-corrected chi connectivity index (χ3v) is 4.69. The van der Waals surface area contributed by atoms with E-state index < -0.39 is 6.04 Å². The van der Waals surface area contributed by atoms with Crippen molar-refractivity contribution in [1.29, 1.82) is 0 Å². The molecule has 3 N–H and O–H groups in total. The standard InChI is InChI=1S/C19H28N4O4.ClH/c1-13(2)17(20)18(25)21-12-16(24)22-8-10-23(11-9-22)19(26)14-4-6-15(27-3)7-5-14;/h4-7,13,17H,8-12,20H2,1-3H3,(H,21,25);1H/t17-;/m0./s1. The van der Waals surface area contributed by atoms with E-state index in [0.717, 1.165) is 0 Å². The molecule has 0 spiro atoms. The summed E-state index contributed by atoms with van der Waals surface area (Å²) in [6, 6.07) is 6.32. The summed E-state index contributed by atoms with van der Waals surface area (Å²) in [5, 5.41) is 2.58. The highest BCUT2D eigenvalue weighted by Gasteiger charge is 2.25. The van der Waals surface area contributed by atoms with Crippen LogP contribution in [0.5, 0.6) is 5.75 Å². The summed E-state index contributed by atoms with van der Waals surface area (Å²) in [5.74, 6) is 0.136. The number of halogens is 1. The molecule has 1 aliphatic heterocycles. The zero-order chi connectivity index (χ0) is 20.0. The minimum Gasteiger partial charge on any atom is -0.497 e. The van der Waals surface area contributed by atoms with Gasteiger partial charge in [-0.2, -0.15) is 0 Å². The molecule has 0 saturated carbocycles. The smallest absolute Gasteiger partial charge is 0.253 e. The topological polar surface area (TPSA) is 105 Å². The number of benzene rings is 1. The van der Waals surface area contributed by atoms with Gasteiger partial charge in [0.05, 0.1) is 19.7 Å². The lowest BCUT2D eigenvalue weighted by molar-refractivity contribution is -0.134. The second-order valence-electron chi connectivity index (χ2n) is 6.89. The molecule has 156 valence electrons. The van der Waals surface area contributed by atoms with Gasteiger partial charge in [0.1, 0.15) is 5.75 Å². The number of ether oxygens (including phenoxy) is 1. The molecule has 1 fully saturated rings. The first-order valence-corrected chi connectivity index (χ1v) is 9.08. The number of nitrogens with zero attached hydrogens (tertiary/aromatic N) is 2. The van der Waals surface area contributed by atoms with Crippen LogP contribution in [0.3, 0.4) is 0 Å². The molecular weight excluding hydrogens is 384 g/mol. The van der Waals surface area contributed by atoms with Crippen molar-refractivity contribution in [1.82, 2.24) is 15.1 Å². The molecule has 0 radical (unpaired) electrons. The number of hydrogen-bond acceptors (Lipinski definition) is 5. The van der Waals surface area contributed by atoms with Gasteiger partial charge in [-0.15, -0.1) is 12.4 Å². The maximum Gasteiger partial charge on any atom is 0.253 e. The Balaban J connectivity index is 0.00000392. The fraction of sp³-hybridized carbons (Fsp3) is 0.526. The number of nitrogens with one attached hydrogen (secondary N) is 1. The zero-order valence-electron chi connectivity index (χ0n) is 16.5. The van der Waals surface area contributed by atoms with Crippen LogP contribution >= 0.6 is 12.4 Å². The van der Waals surface area contributed by atoms with Gasteiger partial charge in [-0.25, -0.2) is 0 Å². The van der Waals surface area contributed by atoms with Crippen LogP contribution in [-0.4, -0.2) is 73.4 Å². The van der Waals surface area contributed by atoms with E-state index in [9.17, 15) is 14.4 Å². The number of nitrogens with two attached hydrogens (primary N) is 1. The van der Waals surface area contributed by atoms with Crippen molar-refractivity contribution in [3.8, 4) is 5.75 Å². The molecule has 0 aliphatic carbocycles. The van der Waals surface area contributed by atoms with Crippen molar-refractivity contribution in [3.63, 3.8) is 0 Å². The van der Waals surface area contributed by atoms with Crippen LogP contribution in [-0.2, 0) is 9.59 Å². The van der Waals surface area contributed by atoms with E-state index in [1.807, 2.05) is 13.8 Å². The predicted octanol–water partition coefficient (Wildman–Crippen LogP) is 0.501. The Morgan fingerprint density at radius 1 is 1.07 bits per heavy atom. The SMILES string of the molecule is COc1ccc(C(=O)N2CCN(C(=O)CNC(=O)[C@@H](N)C(C)C)CC2)cc1.Cl. The maximum absolute atomic E-state index is 12.5. The quantitative estimate of drug-likeness (QED) is 0.707. The summed E-state index contributed by atoms with van der Waals surface area (Å²) >= 11 is 0. The summed E-state index contributed by atoms with van der Waals surface area (Å²) < 4.78 is 5.10. The monoisotopic (exact) mass is 412 g/mol. The summed E-state index contributed by atoms with van der Waals surface area (Å²) in [6.45, 7) is 5.41. The van der Waals surface area contributed by atoms with E-state index in [2.05, 4.69) is 5.32 Å². The summed E-state index contributed by atoms with van der Waals surface area (Å²) in [5.41, 5.74) is 6.35. The Kier molecular flexibility index (Phi) is 9.21. The fourth-order valence-corrected chi connectivity index (χ4v) is 2.77. The molecule has 0 unspecified atom stereocenters. The minimum absolute atomic E-state index is 0. The van der Waals surface area contributed by atoms with Crippen LogP contribution in [0.1, 0.15) is 24.2 Å². The molecule has 0 aromatic heterocycles. The molecule has 1 aromatic carbocycles. The van der Waals surface area contributed by atoms with Crippen molar-refractivity contribution in [2.45, 2.75) is 19.9 Å². The lowest BCUT2D eigenvalue weighted by Gasteiger charge is -2.35. The molecule has 0 bridgehead atoms. The number of rotatable bonds is 6. The average Bonchev–Trinajstić information content (AvgIpc) is 2.70. The zero-order valence-corrected chi connectivity index (χ0v) is 17.3. The second kappa shape index (κ2) is 10.9. The van der Waals surface area contributed by atoms with Crippen molar-refractivity contribution in [2.75, 3.05) is 39.8 Å². The summed E-state index contributed by atoms with van der Waals surface area (Å²) in [4.78, 5) is 40.0. The van der Waals surface area contributed by atoms with E-state index >= 15 is 0 Å². The third kappa shape index (κ3) is 6.10. The van der Waals surface area contributed by atoms with E-state index in [1.165, 1.54) is 0 Å². The summed E-state index contributed by atoms with van der Waals surface area (Å²) in [7, 11) is 1.58. The molecule has 1 heterocycles. The van der Waals surface area contributed by atoms with Gasteiger partial charge in [0.2, 0.25) is 11.8 Å². The first kappa shape index (κ1) is 23.7. The highest BCUT2D eigenvalue weighted by molar-refractivity contribution is 5.94. The first-order chi connectivity index (χ1) is 12.8. The van der Waals surface area contributed by atoms with Gasteiger partial charge < -0.3 is 25.6 Å². The van der Waals surface area contributed by atoms with Gasteiger partial charge in [0, 0.05) is 31.7 Å². The van der Waals surface area contributed by atoms with Crippen LogP contribution in [0.2, 0.25) is 0 Å². The number of carbonyl (C=O) groups excluding carboxylic acids is 3. The van der Waals surface area contributed by atoms with E-state index in [0.29, 0.717) is 37.5 Å². The van der Waals surface area contributed by atoms with Gasteiger partial charge in [-0.1, -0.05) is 13.8 Å². The van der Waals surface area contributed by atoms with E-state index in [1.54, 1.807) is 41.2 Å². The molecule has 1 atom stereocenters. The fourth-order valence-electron chi connectivity index (χ4n) is 2.77. The minimum atomic E-state index is -0.628.